The SMILES string of the molecule is COC(=O)C1=CCC(C2(C)CCC(C(C)(C)O)O2)CC1. The molecule has 1 saturated heterocycles. The molecule has 0 bridgehead atoms. The predicted octanol–water partition coefficient (Wildman–Crippen LogP) is 2.59. The van der Waals surface area contributed by atoms with E-state index in [2.05, 4.69) is 6.92 Å². The van der Waals surface area contributed by atoms with Gasteiger partial charge in [0, 0.05) is 5.57 Å². The van der Waals surface area contributed by atoms with Crippen LogP contribution in [-0.4, -0.2) is 35.5 Å². The molecule has 114 valence electrons. The van der Waals surface area contributed by atoms with Crippen LogP contribution in [0.3, 0.4) is 0 Å². The number of ether oxygens (including phenoxy) is 2. The van der Waals surface area contributed by atoms with Crippen LogP contribution in [0, 0.1) is 5.92 Å². The maximum absolute atomic E-state index is 11.5. The highest BCUT2D eigenvalue weighted by Crippen LogP contribution is 2.44. The van der Waals surface area contributed by atoms with E-state index in [0.717, 1.165) is 37.7 Å². The van der Waals surface area contributed by atoms with Crippen LogP contribution in [0.25, 0.3) is 0 Å². The monoisotopic (exact) mass is 282 g/mol. The average molecular weight is 282 g/mol. The van der Waals surface area contributed by atoms with Gasteiger partial charge in [0.15, 0.2) is 0 Å². The minimum atomic E-state index is -0.792. The van der Waals surface area contributed by atoms with Gasteiger partial charge in [0.2, 0.25) is 0 Å². The van der Waals surface area contributed by atoms with Gasteiger partial charge in [-0.25, -0.2) is 4.79 Å². The molecule has 2 rings (SSSR count). The fraction of sp³-hybridized carbons (Fsp3) is 0.812. The van der Waals surface area contributed by atoms with E-state index in [-0.39, 0.29) is 17.7 Å². The Labute approximate surface area is 121 Å². The molecule has 3 unspecified atom stereocenters. The van der Waals surface area contributed by atoms with Gasteiger partial charge in [-0.05, 0) is 58.8 Å². The molecule has 0 radical (unpaired) electrons. The number of rotatable bonds is 3. The van der Waals surface area contributed by atoms with Crippen molar-refractivity contribution in [2.45, 2.75) is 70.2 Å². The highest BCUT2D eigenvalue weighted by molar-refractivity contribution is 5.88. The van der Waals surface area contributed by atoms with Crippen molar-refractivity contribution in [1.82, 2.24) is 0 Å². The lowest BCUT2D eigenvalue weighted by atomic mass is 9.77. The van der Waals surface area contributed by atoms with Crippen molar-refractivity contribution in [3.8, 4) is 0 Å². The van der Waals surface area contributed by atoms with Gasteiger partial charge >= 0.3 is 5.97 Å². The van der Waals surface area contributed by atoms with Crippen molar-refractivity contribution in [1.29, 1.82) is 0 Å². The van der Waals surface area contributed by atoms with Crippen LogP contribution >= 0.6 is 0 Å². The number of hydrogen-bond acceptors (Lipinski definition) is 4. The topological polar surface area (TPSA) is 55.8 Å². The molecule has 1 aliphatic heterocycles. The number of carbonyl (C=O) groups is 1. The van der Waals surface area contributed by atoms with E-state index in [0.29, 0.717) is 5.92 Å². The lowest BCUT2D eigenvalue weighted by Crippen LogP contribution is -2.41. The number of methoxy groups -OCH3 is 1. The summed E-state index contributed by atoms with van der Waals surface area (Å²) >= 11 is 0. The van der Waals surface area contributed by atoms with Crippen molar-refractivity contribution in [2.75, 3.05) is 7.11 Å². The summed E-state index contributed by atoms with van der Waals surface area (Å²) in [7, 11) is 1.42. The summed E-state index contributed by atoms with van der Waals surface area (Å²) in [6.45, 7) is 5.75. The van der Waals surface area contributed by atoms with Crippen molar-refractivity contribution in [2.24, 2.45) is 5.92 Å². The van der Waals surface area contributed by atoms with Crippen LogP contribution in [0.5, 0.6) is 0 Å². The molecule has 2 aliphatic rings. The zero-order chi connectivity index (χ0) is 15.0. The molecular formula is C16H26O4. The zero-order valence-electron chi connectivity index (χ0n) is 12.9. The molecule has 3 atom stereocenters. The normalized spacial score (nSPS) is 34.8. The van der Waals surface area contributed by atoms with Crippen molar-refractivity contribution in [3.05, 3.63) is 11.6 Å². The van der Waals surface area contributed by atoms with Gasteiger partial charge in [-0.3, -0.25) is 0 Å². The summed E-state index contributed by atoms with van der Waals surface area (Å²) in [4.78, 5) is 11.5. The molecule has 0 aromatic carbocycles. The summed E-state index contributed by atoms with van der Waals surface area (Å²) < 4.78 is 10.9. The summed E-state index contributed by atoms with van der Waals surface area (Å²) in [6.07, 6.45) is 6.29. The molecule has 20 heavy (non-hydrogen) atoms. The van der Waals surface area contributed by atoms with Crippen molar-refractivity contribution >= 4 is 5.97 Å². The molecule has 0 saturated carbocycles. The van der Waals surface area contributed by atoms with Crippen molar-refractivity contribution < 1.29 is 19.4 Å². The van der Waals surface area contributed by atoms with Crippen molar-refractivity contribution in [3.63, 3.8) is 0 Å². The minimum absolute atomic E-state index is 0.0986. The highest BCUT2D eigenvalue weighted by Gasteiger charge is 2.46. The molecule has 0 spiro atoms. The van der Waals surface area contributed by atoms with E-state index >= 15 is 0 Å². The Morgan fingerprint density at radius 1 is 1.50 bits per heavy atom. The second kappa shape index (κ2) is 5.49. The third-order valence-electron chi connectivity index (χ3n) is 4.82. The van der Waals surface area contributed by atoms with Gasteiger partial charge in [-0.2, -0.15) is 0 Å². The predicted molar refractivity (Wildman–Crippen MR) is 76.2 cm³/mol. The summed E-state index contributed by atoms with van der Waals surface area (Å²) in [5.41, 5.74) is -0.202. The van der Waals surface area contributed by atoms with Gasteiger partial charge in [0.05, 0.1) is 24.4 Å². The maximum Gasteiger partial charge on any atom is 0.333 e. The molecule has 0 aromatic rings. The number of esters is 1. The van der Waals surface area contributed by atoms with Gasteiger partial charge in [0.1, 0.15) is 0 Å². The van der Waals surface area contributed by atoms with Crippen LogP contribution in [0.15, 0.2) is 11.6 Å². The van der Waals surface area contributed by atoms with Crippen LogP contribution in [0.2, 0.25) is 0 Å². The Balaban J connectivity index is 2.00. The summed E-state index contributed by atoms with van der Waals surface area (Å²) in [5, 5.41) is 10.1. The Kier molecular flexibility index (Phi) is 4.26. The van der Waals surface area contributed by atoms with Gasteiger partial charge in [-0.1, -0.05) is 6.08 Å². The van der Waals surface area contributed by atoms with Crippen LogP contribution < -0.4 is 0 Å². The second-order valence-electron chi connectivity index (χ2n) is 6.80. The molecule has 4 nitrogen and oxygen atoms in total. The molecule has 1 aliphatic carbocycles. The summed E-state index contributed by atoms with van der Waals surface area (Å²) in [6, 6.07) is 0. The fourth-order valence-electron chi connectivity index (χ4n) is 3.36. The number of carbonyl (C=O) groups excluding carboxylic acids is 1. The first-order chi connectivity index (χ1) is 9.26. The number of aliphatic hydroxyl groups is 1. The number of hydrogen-bond donors (Lipinski definition) is 1. The minimum Gasteiger partial charge on any atom is -0.466 e. The van der Waals surface area contributed by atoms with Gasteiger partial charge in [0.25, 0.3) is 0 Å². The van der Waals surface area contributed by atoms with E-state index in [1.54, 1.807) is 13.8 Å². The van der Waals surface area contributed by atoms with Gasteiger partial charge in [-0.15, -0.1) is 0 Å². The molecule has 1 fully saturated rings. The number of allylic oxidation sites excluding steroid dienone is 1. The first kappa shape index (κ1) is 15.5. The van der Waals surface area contributed by atoms with E-state index in [9.17, 15) is 9.90 Å². The van der Waals surface area contributed by atoms with E-state index in [4.69, 9.17) is 9.47 Å². The summed E-state index contributed by atoms with van der Waals surface area (Å²) in [5.74, 6) is 0.193. The molecule has 1 heterocycles. The molecule has 4 heteroatoms. The molecular weight excluding hydrogens is 256 g/mol. The van der Waals surface area contributed by atoms with E-state index < -0.39 is 5.60 Å². The first-order valence-corrected chi connectivity index (χ1v) is 7.44. The van der Waals surface area contributed by atoms with Gasteiger partial charge < -0.3 is 14.6 Å². The lowest BCUT2D eigenvalue weighted by Gasteiger charge is -2.37. The zero-order valence-corrected chi connectivity index (χ0v) is 12.9. The average Bonchev–Trinajstić information content (AvgIpc) is 2.82. The van der Waals surface area contributed by atoms with Crippen LogP contribution in [-0.2, 0) is 14.3 Å². The molecule has 0 amide bonds. The Morgan fingerprint density at radius 2 is 2.20 bits per heavy atom. The first-order valence-electron chi connectivity index (χ1n) is 7.44. The molecule has 0 aromatic heterocycles. The largest absolute Gasteiger partial charge is 0.466 e. The lowest BCUT2D eigenvalue weighted by molar-refractivity contribution is -0.139. The smallest absolute Gasteiger partial charge is 0.333 e. The Hall–Kier alpha value is -0.870. The van der Waals surface area contributed by atoms with E-state index in [1.807, 2.05) is 6.08 Å². The third kappa shape index (κ3) is 3.07. The van der Waals surface area contributed by atoms with Crippen LogP contribution in [0.4, 0.5) is 0 Å². The molecule has 1 N–H and O–H groups in total. The Bertz CT molecular complexity index is 407. The van der Waals surface area contributed by atoms with Crippen LogP contribution in [0.1, 0.15) is 52.9 Å². The quantitative estimate of drug-likeness (QED) is 0.808. The third-order valence-corrected chi connectivity index (χ3v) is 4.82. The maximum atomic E-state index is 11.5. The fourth-order valence-corrected chi connectivity index (χ4v) is 3.36. The highest BCUT2D eigenvalue weighted by atomic mass is 16.5. The standard InChI is InChI=1S/C16H26O4/c1-15(2,18)13-9-10-16(3,20-13)12-7-5-11(6-8-12)14(17)19-4/h5,12-13,18H,6-10H2,1-4H3. The van der Waals surface area contributed by atoms with E-state index in [1.165, 1.54) is 7.11 Å². The Morgan fingerprint density at radius 3 is 2.65 bits per heavy atom. The second-order valence-corrected chi connectivity index (χ2v) is 6.80.